The largest absolute Gasteiger partial charge is 0.139 e. The van der Waals surface area contributed by atoms with E-state index in [1.165, 1.54) is 86.7 Å². The van der Waals surface area contributed by atoms with Crippen molar-refractivity contribution in [1.29, 1.82) is 0 Å². The zero-order valence-corrected chi connectivity index (χ0v) is 25.7. The highest BCUT2D eigenvalue weighted by molar-refractivity contribution is 7.22. The molecule has 4 heterocycles. The van der Waals surface area contributed by atoms with Gasteiger partial charge in [-0.15, -0.1) is 45.3 Å². The molecule has 0 amide bonds. The van der Waals surface area contributed by atoms with Gasteiger partial charge in [0.1, 0.15) is 0 Å². The first kappa shape index (κ1) is 25.2. The van der Waals surface area contributed by atoms with Gasteiger partial charge in [-0.3, -0.25) is 0 Å². The number of hydrogen-bond acceptors (Lipinski definition) is 4. The molecule has 0 spiro atoms. The van der Waals surface area contributed by atoms with E-state index in [1.807, 2.05) is 22.7 Å². The summed E-state index contributed by atoms with van der Waals surface area (Å²) in [6.45, 7) is 8.99. The molecule has 6 heteroatoms. The van der Waals surface area contributed by atoms with Crippen molar-refractivity contribution in [2.45, 2.75) is 66.2 Å². The van der Waals surface area contributed by atoms with Crippen molar-refractivity contribution in [3.8, 4) is 9.75 Å². The summed E-state index contributed by atoms with van der Waals surface area (Å²) < 4.78 is 1.79. The van der Waals surface area contributed by atoms with Gasteiger partial charge >= 0.3 is 0 Å². The number of aryl methyl sites for hydroxylation is 4. The molecule has 0 saturated carbocycles. The molecule has 2 aliphatic carbocycles. The van der Waals surface area contributed by atoms with E-state index < -0.39 is 0 Å². The molecule has 0 atom stereocenters. The van der Waals surface area contributed by atoms with E-state index in [4.69, 9.17) is 23.2 Å². The SMILES string of the molecule is Cc1sc(Cl)cc1C1=C(c2cc(-c3cc(C4=C(c5cc(Cl)sc5C)CCC4)c(C)s3)sc2C)CCC1. The molecule has 0 saturated heterocycles. The van der Waals surface area contributed by atoms with Gasteiger partial charge in [0.25, 0.3) is 0 Å². The molecule has 0 nitrogen and oxygen atoms in total. The molecule has 4 aromatic rings. The van der Waals surface area contributed by atoms with Crippen molar-refractivity contribution < 1.29 is 0 Å². The Balaban J connectivity index is 1.39. The van der Waals surface area contributed by atoms with Gasteiger partial charge in [-0.2, -0.15) is 0 Å². The average Bonchev–Trinajstić information content (AvgIpc) is 3.63. The van der Waals surface area contributed by atoms with Gasteiger partial charge in [-0.25, -0.2) is 0 Å². The Morgan fingerprint density at radius 3 is 1.08 bits per heavy atom. The van der Waals surface area contributed by atoms with E-state index >= 15 is 0 Å². The fourth-order valence-corrected chi connectivity index (χ4v) is 10.6. The number of halogens is 2. The maximum atomic E-state index is 6.37. The van der Waals surface area contributed by atoms with Crippen LogP contribution in [-0.4, -0.2) is 0 Å². The van der Waals surface area contributed by atoms with Gasteiger partial charge < -0.3 is 0 Å². The summed E-state index contributed by atoms with van der Waals surface area (Å²) in [5.41, 5.74) is 11.7. The third-order valence-electron chi connectivity index (χ3n) is 7.59. The maximum absolute atomic E-state index is 6.37. The molecule has 4 aromatic heterocycles. The Morgan fingerprint density at radius 2 is 0.778 bits per heavy atom. The number of allylic oxidation sites excluding steroid dienone is 4. The summed E-state index contributed by atoms with van der Waals surface area (Å²) in [4.78, 5) is 8.32. The Labute approximate surface area is 239 Å². The molecule has 0 N–H and O–H groups in total. The molecule has 0 aliphatic heterocycles. The fraction of sp³-hybridized carbons (Fsp3) is 0.333. The molecule has 0 unspecified atom stereocenters. The van der Waals surface area contributed by atoms with Crippen molar-refractivity contribution in [1.82, 2.24) is 0 Å². The van der Waals surface area contributed by atoms with Crippen molar-refractivity contribution in [3.05, 3.63) is 74.7 Å². The van der Waals surface area contributed by atoms with Crippen LogP contribution in [0.1, 0.15) is 80.3 Å². The van der Waals surface area contributed by atoms with Crippen LogP contribution in [0.15, 0.2) is 24.3 Å². The molecule has 0 bridgehead atoms. The van der Waals surface area contributed by atoms with Gasteiger partial charge in [-0.1, -0.05) is 23.2 Å². The normalized spacial score (nSPS) is 16.3. The van der Waals surface area contributed by atoms with Crippen LogP contribution in [0.2, 0.25) is 8.67 Å². The number of rotatable bonds is 5. The quantitative estimate of drug-likeness (QED) is 0.218. The predicted octanol–water partition coefficient (Wildman–Crippen LogP) is 12.3. The second kappa shape index (κ2) is 9.87. The Morgan fingerprint density at radius 1 is 0.472 bits per heavy atom. The van der Waals surface area contributed by atoms with Crippen molar-refractivity contribution in [2.75, 3.05) is 0 Å². The second-order valence-corrected chi connectivity index (χ2v) is 16.1. The zero-order valence-electron chi connectivity index (χ0n) is 20.9. The van der Waals surface area contributed by atoms with Crippen LogP contribution in [-0.2, 0) is 0 Å². The minimum atomic E-state index is 0.895. The average molecular weight is 588 g/mol. The second-order valence-electron chi connectivity index (χ2n) is 9.82. The molecule has 0 aromatic carbocycles. The first-order chi connectivity index (χ1) is 17.3. The van der Waals surface area contributed by atoms with Gasteiger partial charge in [0.05, 0.1) is 8.67 Å². The van der Waals surface area contributed by atoms with Crippen molar-refractivity contribution in [2.24, 2.45) is 0 Å². The number of hydrogen-bond donors (Lipinski definition) is 0. The highest BCUT2D eigenvalue weighted by Crippen LogP contribution is 2.50. The molecule has 0 fully saturated rings. The topological polar surface area (TPSA) is 0 Å². The Hall–Kier alpha value is -1.14. The van der Waals surface area contributed by atoms with E-state index in [0.29, 0.717) is 0 Å². The van der Waals surface area contributed by atoms with Crippen LogP contribution >= 0.6 is 68.5 Å². The summed E-state index contributed by atoms with van der Waals surface area (Å²) in [5, 5.41) is 0. The van der Waals surface area contributed by atoms with Crippen molar-refractivity contribution in [3.63, 3.8) is 0 Å². The van der Waals surface area contributed by atoms with E-state index in [-0.39, 0.29) is 0 Å². The smallest absolute Gasteiger partial charge is 0.0937 e. The van der Waals surface area contributed by atoms with E-state index in [2.05, 4.69) is 52.0 Å². The molecule has 36 heavy (non-hydrogen) atoms. The van der Waals surface area contributed by atoms with Crippen molar-refractivity contribution >= 4 is 90.8 Å². The minimum Gasteiger partial charge on any atom is -0.139 e. The van der Waals surface area contributed by atoms with Crippen LogP contribution in [0.5, 0.6) is 0 Å². The summed E-state index contributed by atoms with van der Waals surface area (Å²) in [5.74, 6) is 0. The van der Waals surface area contributed by atoms with Gasteiger partial charge in [0, 0.05) is 29.3 Å². The molecule has 0 radical (unpaired) electrons. The Bertz CT molecular complexity index is 1430. The van der Waals surface area contributed by atoms with Crippen LogP contribution in [0.3, 0.4) is 0 Å². The van der Waals surface area contributed by atoms with Crippen LogP contribution in [0.4, 0.5) is 0 Å². The van der Waals surface area contributed by atoms with Crippen LogP contribution < -0.4 is 0 Å². The molecular weight excluding hydrogens is 560 g/mol. The first-order valence-corrected chi connectivity index (χ1v) is 16.5. The van der Waals surface area contributed by atoms with E-state index in [9.17, 15) is 0 Å². The third-order valence-corrected chi connectivity index (χ3v) is 12.2. The molecular formula is C30H28Cl2S4. The van der Waals surface area contributed by atoms with Crippen LogP contribution in [0.25, 0.3) is 32.0 Å². The van der Waals surface area contributed by atoms with E-state index in [0.717, 1.165) is 34.4 Å². The maximum Gasteiger partial charge on any atom is 0.0937 e. The third kappa shape index (κ3) is 4.42. The monoisotopic (exact) mass is 586 g/mol. The van der Waals surface area contributed by atoms with Crippen LogP contribution in [0, 0.1) is 27.7 Å². The van der Waals surface area contributed by atoms with Gasteiger partial charge in [-0.05, 0) is 135 Å². The molecule has 2 aliphatic rings. The predicted molar refractivity (Wildman–Crippen MR) is 167 cm³/mol. The lowest BCUT2D eigenvalue weighted by atomic mass is 9.97. The zero-order chi connectivity index (χ0) is 25.1. The summed E-state index contributed by atoms with van der Waals surface area (Å²) in [6.07, 6.45) is 7.08. The lowest BCUT2D eigenvalue weighted by Crippen LogP contribution is -1.86. The van der Waals surface area contributed by atoms with E-state index in [1.54, 1.807) is 22.7 Å². The first-order valence-electron chi connectivity index (χ1n) is 12.5. The summed E-state index contributed by atoms with van der Waals surface area (Å²) in [7, 11) is 0. The standard InChI is InChI=1S/C30H28Cl2S4/c1-15-23(19-7-5-9-21(19)25-13-29(31)35-17(25)3)11-27(33-15)28-12-24(16(2)34-28)20-8-6-10-22(20)26-14-30(32)36-18(26)4/h11-14H,5-10H2,1-4H3. The van der Waals surface area contributed by atoms with Gasteiger partial charge in [0.15, 0.2) is 0 Å². The lowest BCUT2D eigenvalue weighted by Gasteiger charge is -2.07. The molecule has 186 valence electrons. The highest BCUT2D eigenvalue weighted by atomic mass is 35.5. The highest BCUT2D eigenvalue weighted by Gasteiger charge is 2.25. The Kier molecular flexibility index (Phi) is 6.90. The summed E-state index contributed by atoms with van der Waals surface area (Å²) >= 11 is 20.0. The fourth-order valence-electron chi connectivity index (χ4n) is 5.97. The van der Waals surface area contributed by atoms with Gasteiger partial charge in [0.2, 0.25) is 0 Å². The molecule has 6 rings (SSSR count). The lowest BCUT2D eigenvalue weighted by molar-refractivity contribution is 0.941. The summed E-state index contributed by atoms with van der Waals surface area (Å²) in [6, 6.07) is 9.28. The minimum absolute atomic E-state index is 0.895. The number of thiophene rings is 4.